The predicted molar refractivity (Wildman–Crippen MR) is 130 cm³/mol. The van der Waals surface area contributed by atoms with Crippen molar-refractivity contribution in [2.75, 3.05) is 16.8 Å². The maximum Gasteiger partial charge on any atom is 0.356 e. The smallest absolute Gasteiger partial charge is 0.356 e. The van der Waals surface area contributed by atoms with Crippen molar-refractivity contribution < 1.29 is 29.4 Å². The summed E-state index contributed by atoms with van der Waals surface area (Å²) in [4.78, 5) is 36.0. The van der Waals surface area contributed by atoms with Crippen LogP contribution >= 0.6 is 43.3 Å². The van der Waals surface area contributed by atoms with Crippen LogP contribution in [0.25, 0.3) is 0 Å². The van der Waals surface area contributed by atoms with Crippen molar-refractivity contribution in [2.24, 2.45) is 0 Å². The number of allylic oxidation sites excluding steroid dienone is 2. The number of hydrogen-bond acceptors (Lipinski definition) is 8. The van der Waals surface area contributed by atoms with Gasteiger partial charge in [0.25, 0.3) is 5.91 Å². The molecule has 0 aliphatic carbocycles. The van der Waals surface area contributed by atoms with Crippen molar-refractivity contribution in [1.82, 2.24) is 0 Å². The highest BCUT2D eigenvalue weighted by Gasteiger charge is 2.33. The maximum atomic E-state index is 12.9. The average Bonchev–Trinajstić information content (AvgIpc) is 3.20. The van der Waals surface area contributed by atoms with Gasteiger partial charge in [-0.1, -0.05) is 41.8 Å². The third-order valence-electron chi connectivity index (χ3n) is 4.80. The van der Waals surface area contributed by atoms with Crippen molar-refractivity contribution in [1.29, 1.82) is 0 Å². The van der Waals surface area contributed by atoms with Gasteiger partial charge >= 0.3 is 7.60 Å². The van der Waals surface area contributed by atoms with E-state index in [1.54, 1.807) is 30.4 Å². The molecule has 8 nitrogen and oxygen atoms in total. The minimum Gasteiger partial charge on any atom is -0.364 e. The van der Waals surface area contributed by atoms with Crippen molar-refractivity contribution in [2.45, 2.75) is 11.2 Å². The Balaban J connectivity index is 1.55. The number of thiocarbonyl (C=S) groups is 1. The first kappa shape index (κ1) is 23.2. The molecule has 1 saturated heterocycles. The maximum absolute atomic E-state index is 12.9. The van der Waals surface area contributed by atoms with Crippen LogP contribution in [0.5, 0.6) is 0 Å². The molecule has 4 rings (SSSR count). The van der Waals surface area contributed by atoms with Crippen LogP contribution in [0.3, 0.4) is 0 Å². The molecule has 1 fully saturated rings. The van der Waals surface area contributed by atoms with Gasteiger partial charge in [0.15, 0.2) is 10.6 Å². The van der Waals surface area contributed by atoms with E-state index in [1.807, 2.05) is 11.9 Å². The van der Waals surface area contributed by atoms with Gasteiger partial charge in [-0.25, -0.2) is 0 Å². The minimum atomic E-state index is -4.37. The average molecular weight is 509 g/mol. The molecule has 4 N–H and O–H groups in total. The largest absolute Gasteiger partial charge is 0.364 e. The van der Waals surface area contributed by atoms with E-state index in [0.717, 1.165) is 27.4 Å². The molecule has 1 amide bonds. The number of fused-ring (bicyclic) bond motifs is 1. The number of anilines is 2. The Kier molecular flexibility index (Phi) is 6.36. The summed E-state index contributed by atoms with van der Waals surface area (Å²) in [5.74, 6) is -0.324. The van der Waals surface area contributed by atoms with Gasteiger partial charge in [-0.05, 0) is 48.6 Å². The molecule has 0 aromatic heterocycles. The second-order valence-corrected chi connectivity index (χ2v) is 11.2. The zero-order valence-electron chi connectivity index (χ0n) is 16.4. The lowest BCUT2D eigenvalue weighted by Crippen LogP contribution is -2.27. The molecule has 0 atom stereocenters. The molecule has 2 aromatic carbocycles. The van der Waals surface area contributed by atoms with E-state index in [1.165, 1.54) is 40.9 Å². The number of carbonyl (C=O) groups excluding carboxylic acids is 1. The first-order valence-electron chi connectivity index (χ1n) is 9.12. The molecule has 0 spiro atoms. The van der Waals surface area contributed by atoms with Gasteiger partial charge in [-0.3, -0.25) is 14.3 Å². The molecule has 0 radical (unpaired) electrons. The van der Waals surface area contributed by atoms with E-state index in [2.05, 4.69) is 0 Å². The molecular weight excluding hydrogens is 491 g/mol. The number of benzene rings is 2. The van der Waals surface area contributed by atoms with E-state index in [0.29, 0.717) is 20.5 Å². The minimum absolute atomic E-state index is 0.135. The molecule has 2 aromatic rings. The van der Waals surface area contributed by atoms with Crippen molar-refractivity contribution in [3.63, 3.8) is 0 Å². The monoisotopic (exact) mass is 508 g/mol. The number of thioether (sulfide) groups is 2. The molecule has 12 heteroatoms. The van der Waals surface area contributed by atoms with Gasteiger partial charge < -0.3 is 24.9 Å². The van der Waals surface area contributed by atoms with Crippen LogP contribution in [0.4, 0.5) is 11.4 Å². The van der Waals surface area contributed by atoms with Gasteiger partial charge in [0.1, 0.15) is 0 Å². The van der Waals surface area contributed by atoms with Crippen LogP contribution < -0.4 is 15.1 Å². The van der Waals surface area contributed by atoms with Crippen LogP contribution in [0.2, 0.25) is 0 Å². The first-order valence-corrected chi connectivity index (χ1v) is 12.8. The highest BCUT2D eigenvalue weighted by molar-refractivity contribution is 8.27. The normalized spacial score (nSPS) is 19.1. The summed E-state index contributed by atoms with van der Waals surface area (Å²) >= 11 is 7.92. The van der Waals surface area contributed by atoms with E-state index in [4.69, 9.17) is 12.2 Å². The first-order chi connectivity index (χ1) is 15.1. The number of rotatable bonds is 4. The Morgan fingerprint density at radius 2 is 1.75 bits per heavy atom. The van der Waals surface area contributed by atoms with Crippen LogP contribution in [0.1, 0.15) is 11.9 Å². The zero-order chi connectivity index (χ0) is 23.2. The Morgan fingerprint density at radius 3 is 2.38 bits per heavy atom. The fourth-order valence-corrected chi connectivity index (χ4v) is 6.02. The Bertz CT molecular complexity index is 1220. The molecular formula is C20H17N2O6PS3. The molecule has 2 aliphatic rings. The van der Waals surface area contributed by atoms with Gasteiger partial charge in [-0.2, -0.15) is 0 Å². The van der Waals surface area contributed by atoms with Crippen LogP contribution in [-0.2, 0) is 9.36 Å². The Morgan fingerprint density at radius 1 is 1.06 bits per heavy atom. The molecule has 166 valence electrons. The summed E-state index contributed by atoms with van der Waals surface area (Å²) in [6, 6.07) is 10.6. The van der Waals surface area contributed by atoms with E-state index in [9.17, 15) is 29.4 Å². The fraction of sp³-hybridized carbons (Fsp3) is 0.100. The lowest BCUT2D eigenvalue weighted by atomic mass is 10.2. The molecule has 2 heterocycles. The van der Waals surface area contributed by atoms with E-state index in [-0.39, 0.29) is 11.2 Å². The summed E-state index contributed by atoms with van der Waals surface area (Å²) < 4.78 is 11.7. The molecule has 32 heavy (non-hydrogen) atoms. The van der Waals surface area contributed by atoms with Crippen molar-refractivity contribution in [3.8, 4) is 0 Å². The highest BCUT2D eigenvalue weighted by Crippen LogP contribution is 2.46. The molecule has 0 bridgehead atoms. The number of nitrogens with zero attached hydrogens (tertiary/aromatic N) is 2. The summed E-state index contributed by atoms with van der Waals surface area (Å²) in [5, 5.41) is 19.5. The zero-order valence-corrected chi connectivity index (χ0v) is 19.8. The van der Waals surface area contributed by atoms with Crippen LogP contribution in [-0.4, -0.2) is 37.3 Å². The molecule has 0 saturated carbocycles. The Labute approximate surface area is 197 Å². The second-order valence-electron chi connectivity index (χ2n) is 6.87. The number of carbonyl (C=O) groups is 1. The summed E-state index contributed by atoms with van der Waals surface area (Å²) in [6.07, 6.45) is 1.93. The predicted octanol–water partition coefficient (Wildman–Crippen LogP) is 2.80. The van der Waals surface area contributed by atoms with Crippen LogP contribution in [0.15, 0.2) is 69.4 Å². The molecule has 2 aliphatic heterocycles. The van der Waals surface area contributed by atoms with Crippen molar-refractivity contribution >= 4 is 70.2 Å². The summed E-state index contributed by atoms with van der Waals surface area (Å²) in [6.45, 7) is 0. The Hall–Kier alpha value is -1.95. The van der Waals surface area contributed by atoms with Crippen molar-refractivity contribution in [3.05, 3.63) is 70.1 Å². The SMILES string of the molecule is CN1/C(=C\C=C2/SC(=S)N(c3ccc(P(=O)(O)O)cc3)C2=O)Sc2cc(C(O)O)ccc21. The number of aliphatic hydroxyl groups is 2. The van der Waals surface area contributed by atoms with Crippen LogP contribution in [0, 0.1) is 0 Å². The standard InChI is InChI=1S/C20H17N2O6PS3/c1-21-14-7-2-11(19(24)25)10-16(14)31-17(21)9-8-15-18(23)22(20(30)32-15)12-3-5-13(6-4-12)29(26,27)28/h2-10,19,24-25H,1H3,(H2,26,27,28)/b15-8-,17-9+. The topological polar surface area (TPSA) is 122 Å². The second kappa shape index (κ2) is 8.77. The number of aliphatic hydroxyl groups excluding tert-OH is 1. The van der Waals surface area contributed by atoms with E-state index >= 15 is 0 Å². The lowest BCUT2D eigenvalue weighted by Gasteiger charge is -2.15. The van der Waals surface area contributed by atoms with E-state index < -0.39 is 13.9 Å². The summed E-state index contributed by atoms with van der Waals surface area (Å²) in [7, 11) is -2.49. The van der Waals surface area contributed by atoms with Gasteiger partial charge in [-0.15, -0.1) is 0 Å². The molecule has 0 unspecified atom stereocenters. The third-order valence-corrected chi connectivity index (χ3v) is 8.26. The number of amides is 1. The van der Waals surface area contributed by atoms with Gasteiger partial charge in [0.05, 0.1) is 26.6 Å². The quantitative estimate of drug-likeness (QED) is 0.212. The van der Waals surface area contributed by atoms with Gasteiger partial charge in [0, 0.05) is 17.5 Å². The van der Waals surface area contributed by atoms with Gasteiger partial charge in [0.2, 0.25) is 0 Å². The number of hydrogen-bond donors (Lipinski definition) is 4. The summed E-state index contributed by atoms with van der Waals surface area (Å²) in [5.41, 5.74) is 1.74. The fourth-order valence-electron chi connectivity index (χ4n) is 3.14. The lowest BCUT2D eigenvalue weighted by molar-refractivity contribution is -0.113. The highest BCUT2D eigenvalue weighted by atomic mass is 32.2. The third kappa shape index (κ3) is 4.43.